The molecule has 0 amide bonds. The molecular weight excluding hydrogens is 482 g/mol. The van der Waals surface area contributed by atoms with Gasteiger partial charge in [-0.3, -0.25) is 9.35 Å². The third kappa shape index (κ3) is 4.05. The van der Waals surface area contributed by atoms with Crippen LogP contribution >= 0.6 is 0 Å². The molecular formula is C25H36F2O7S. The highest BCUT2D eigenvalue weighted by molar-refractivity contribution is 7.86. The number of hydrogen-bond donors (Lipinski definition) is 2. The molecule has 8 bridgehead atoms. The second kappa shape index (κ2) is 8.08. The Bertz CT molecular complexity index is 931. The Morgan fingerprint density at radius 3 is 1.94 bits per heavy atom. The maximum Gasteiger partial charge on any atom is 0.392 e. The molecule has 0 aliphatic heterocycles. The Kier molecular flexibility index (Phi) is 5.65. The second-order valence-electron chi connectivity index (χ2n) is 13.0. The molecule has 0 heterocycles. The van der Waals surface area contributed by atoms with Crippen LogP contribution in [0.5, 0.6) is 0 Å². The third-order valence-electron chi connectivity index (χ3n) is 10.6. The van der Waals surface area contributed by atoms with Gasteiger partial charge in [-0.25, -0.2) is 0 Å². The first-order chi connectivity index (χ1) is 16.4. The Hall–Kier alpha value is -0.840. The molecule has 7 nitrogen and oxygen atoms in total. The van der Waals surface area contributed by atoms with E-state index >= 15 is 0 Å². The zero-order chi connectivity index (χ0) is 24.8. The van der Waals surface area contributed by atoms with Crippen LogP contribution in [0.25, 0.3) is 0 Å². The van der Waals surface area contributed by atoms with Crippen molar-refractivity contribution in [2.45, 2.75) is 88.1 Å². The van der Waals surface area contributed by atoms with E-state index in [9.17, 15) is 27.1 Å². The van der Waals surface area contributed by atoms with E-state index in [4.69, 9.17) is 14.0 Å². The van der Waals surface area contributed by atoms with Gasteiger partial charge in [0, 0.05) is 5.41 Å². The molecule has 0 radical (unpaired) electrons. The molecule has 8 fully saturated rings. The molecule has 0 saturated heterocycles. The lowest BCUT2D eigenvalue weighted by molar-refractivity contribution is -0.210. The van der Waals surface area contributed by atoms with Crippen LogP contribution in [-0.4, -0.2) is 54.7 Å². The Morgan fingerprint density at radius 1 is 0.914 bits per heavy atom. The number of carbonyl (C=O) groups excluding carboxylic acids is 1. The molecule has 35 heavy (non-hydrogen) atoms. The summed E-state index contributed by atoms with van der Waals surface area (Å²) in [6.07, 6.45) is 8.86. The summed E-state index contributed by atoms with van der Waals surface area (Å²) in [7, 11) is -5.59. The van der Waals surface area contributed by atoms with Crippen molar-refractivity contribution < 1.29 is 41.1 Å². The lowest BCUT2D eigenvalue weighted by Gasteiger charge is -2.60. The van der Waals surface area contributed by atoms with Crippen molar-refractivity contribution >= 4 is 16.1 Å². The summed E-state index contributed by atoms with van der Waals surface area (Å²) < 4.78 is 70.1. The average molecular weight is 519 g/mol. The molecule has 8 aliphatic carbocycles. The van der Waals surface area contributed by atoms with Crippen molar-refractivity contribution in [3.05, 3.63) is 0 Å². The van der Waals surface area contributed by atoms with Crippen LogP contribution in [-0.2, 0) is 24.4 Å². The zero-order valence-corrected chi connectivity index (χ0v) is 20.7. The van der Waals surface area contributed by atoms with Crippen LogP contribution in [0, 0.1) is 46.3 Å². The van der Waals surface area contributed by atoms with E-state index in [0.29, 0.717) is 36.5 Å². The van der Waals surface area contributed by atoms with Crippen LogP contribution < -0.4 is 0 Å². The van der Waals surface area contributed by atoms with Gasteiger partial charge in [0.25, 0.3) is 0 Å². The molecule has 198 valence electrons. The van der Waals surface area contributed by atoms with Crippen molar-refractivity contribution in [2.24, 2.45) is 46.3 Å². The van der Waals surface area contributed by atoms with Crippen molar-refractivity contribution in [3.8, 4) is 0 Å². The predicted molar refractivity (Wildman–Crippen MR) is 120 cm³/mol. The highest BCUT2D eigenvalue weighted by Crippen LogP contribution is 2.63. The topological polar surface area (TPSA) is 110 Å². The van der Waals surface area contributed by atoms with Gasteiger partial charge in [-0.05, 0) is 106 Å². The molecule has 3 atom stereocenters. The number of aliphatic hydroxyl groups is 1. The first-order valence-corrected chi connectivity index (χ1v) is 14.6. The molecule has 0 aromatic rings. The number of aliphatic hydroxyl groups excluding tert-OH is 1. The molecule has 8 rings (SSSR count). The lowest BCUT2D eigenvalue weighted by Crippen LogP contribution is -2.59. The van der Waals surface area contributed by atoms with Crippen LogP contribution in [0.2, 0.25) is 0 Å². The van der Waals surface area contributed by atoms with E-state index < -0.39 is 33.5 Å². The summed E-state index contributed by atoms with van der Waals surface area (Å²) in [4.78, 5) is 13.8. The van der Waals surface area contributed by atoms with Gasteiger partial charge in [-0.2, -0.15) is 17.2 Å². The minimum absolute atomic E-state index is 0.108. The third-order valence-corrected chi connectivity index (χ3v) is 11.5. The summed E-state index contributed by atoms with van der Waals surface area (Å²) in [5.41, 5.74) is -0.964. The number of rotatable bonds is 8. The molecule has 3 unspecified atom stereocenters. The van der Waals surface area contributed by atoms with Gasteiger partial charge in [-0.1, -0.05) is 0 Å². The van der Waals surface area contributed by atoms with Crippen LogP contribution in [0.4, 0.5) is 8.78 Å². The van der Waals surface area contributed by atoms with E-state index in [0.717, 1.165) is 57.8 Å². The standard InChI is InChI=1S/C25H36F2O7S/c26-25(27,35(30,31)32)13-33-12-20(23-6-14-1-15(7-23)3-16(2-14)8-23)34-22(29)24-9-17-4-18(10-24)21(28)19(5-17)11-24/h14-21,28H,1-13H2,(H,30,31,32). The summed E-state index contributed by atoms with van der Waals surface area (Å²) >= 11 is 0. The van der Waals surface area contributed by atoms with E-state index in [2.05, 4.69) is 0 Å². The lowest BCUT2D eigenvalue weighted by atomic mass is 9.47. The van der Waals surface area contributed by atoms with Crippen LogP contribution in [0.3, 0.4) is 0 Å². The number of alkyl halides is 2. The summed E-state index contributed by atoms with van der Waals surface area (Å²) in [6.45, 7) is -1.78. The van der Waals surface area contributed by atoms with Gasteiger partial charge < -0.3 is 14.6 Å². The number of carbonyl (C=O) groups is 1. The Morgan fingerprint density at radius 2 is 1.43 bits per heavy atom. The number of halogens is 2. The average Bonchev–Trinajstić information content (AvgIpc) is 2.74. The number of esters is 1. The van der Waals surface area contributed by atoms with Gasteiger partial charge in [0.1, 0.15) is 12.7 Å². The first-order valence-electron chi connectivity index (χ1n) is 13.2. The van der Waals surface area contributed by atoms with Crippen molar-refractivity contribution in [3.63, 3.8) is 0 Å². The van der Waals surface area contributed by atoms with Gasteiger partial charge in [-0.15, -0.1) is 0 Å². The fourth-order valence-corrected chi connectivity index (χ4v) is 10.0. The van der Waals surface area contributed by atoms with Crippen molar-refractivity contribution in [2.75, 3.05) is 13.2 Å². The van der Waals surface area contributed by atoms with Crippen LogP contribution in [0.15, 0.2) is 0 Å². The Labute approximate surface area is 205 Å². The van der Waals surface area contributed by atoms with E-state index in [1.807, 2.05) is 0 Å². The van der Waals surface area contributed by atoms with Gasteiger partial charge in [0.2, 0.25) is 0 Å². The highest BCUT2D eigenvalue weighted by atomic mass is 32.2. The predicted octanol–water partition coefficient (Wildman–Crippen LogP) is 3.80. The van der Waals surface area contributed by atoms with E-state index in [1.165, 1.54) is 0 Å². The van der Waals surface area contributed by atoms with E-state index in [1.54, 1.807) is 0 Å². The van der Waals surface area contributed by atoms with Gasteiger partial charge >= 0.3 is 21.3 Å². The van der Waals surface area contributed by atoms with Crippen molar-refractivity contribution in [1.29, 1.82) is 0 Å². The molecule has 8 aliphatic rings. The molecule has 10 heteroatoms. The minimum atomic E-state index is -5.59. The largest absolute Gasteiger partial charge is 0.459 e. The first kappa shape index (κ1) is 24.5. The summed E-state index contributed by atoms with van der Waals surface area (Å²) in [5, 5.41) is 6.19. The smallest absolute Gasteiger partial charge is 0.392 e. The molecule has 0 spiro atoms. The Balaban J connectivity index is 1.22. The van der Waals surface area contributed by atoms with Gasteiger partial charge in [0.15, 0.2) is 0 Å². The normalized spacial score (nSPS) is 46.7. The van der Waals surface area contributed by atoms with Gasteiger partial charge in [0.05, 0.1) is 18.1 Å². The fourth-order valence-electron chi connectivity index (χ4n) is 9.77. The summed E-state index contributed by atoms with van der Waals surface area (Å²) in [5.74, 6) is 1.94. The monoisotopic (exact) mass is 518 g/mol. The molecule has 0 aromatic carbocycles. The molecule has 2 N–H and O–H groups in total. The fraction of sp³-hybridized carbons (Fsp3) is 0.960. The SMILES string of the molecule is O=C(OC(COCC(F)(F)S(=O)(=O)O)C12CC3CC(CC(C3)C1)C2)C12CC3CC(C1)C(O)C(C3)C2. The highest BCUT2D eigenvalue weighted by Gasteiger charge is 2.61. The molecule has 0 aromatic heterocycles. The van der Waals surface area contributed by atoms with Crippen LogP contribution in [0.1, 0.15) is 70.6 Å². The summed E-state index contributed by atoms with van der Waals surface area (Å²) in [6, 6.07) is 0. The van der Waals surface area contributed by atoms with E-state index in [-0.39, 0.29) is 35.9 Å². The molecule has 8 saturated carbocycles. The maximum absolute atomic E-state index is 13.9. The van der Waals surface area contributed by atoms with Crippen molar-refractivity contribution in [1.82, 2.24) is 0 Å². The zero-order valence-electron chi connectivity index (χ0n) is 19.9. The number of ether oxygens (including phenoxy) is 2. The quantitative estimate of drug-likeness (QED) is 0.372. The minimum Gasteiger partial charge on any atom is -0.459 e. The maximum atomic E-state index is 13.9. The second-order valence-corrected chi connectivity index (χ2v) is 14.6. The number of hydrogen-bond acceptors (Lipinski definition) is 6.